The molecule has 2 fully saturated rings. The van der Waals surface area contributed by atoms with E-state index in [4.69, 9.17) is 11.6 Å². The molecule has 1 amide bonds. The van der Waals surface area contributed by atoms with Gasteiger partial charge in [-0.1, -0.05) is 17.7 Å². The number of likely N-dealkylation sites (tertiary alicyclic amines) is 1. The van der Waals surface area contributed by atoms with Gasteiger partial charge in [0.05, 0.1) is 36.4 Å². The first-order chi connectivity index (χ1) is 14.1. The molecule has 3 heterocycles. The summed E-state index contributed by atoms with van der Waals surface area (Å²) in [4.78, 5) is 24.6. The molecular formula is C19H17ClFN7O. The van der Waals surface area contributed by atoms with Crippen molar-refractivity contribution in [2.45, 2.75) is 24.9 Å². The van der Waals surface area contributed by atoms with Gasteiger partial charge in [0.2, 0.25) is 0 Å². The molecule has 3 aromatic rings. The summed E-state index contributed by atoms with van der Waals surface area (Å²) in [5.74, 6) is 0.244. The van der Waals surface area contributed by atoms with Crippen molar-refractivity contribution >= 4 is 23.3 Å². The lowest BCUT2D eigenvalue weighted by atomic mass is 10.0. The number of halogens is 2. The first-order valence-corrected chi connectivity index (χ1v) is 9.68. The van der Waals surface area contributed by atoms with Gasteiger partial charge in [-0.15, -0.1) is 4.80 Å². The molecule has 148 valence electrons. The lowest BCUT2D eigenvalue weighted by Gasteiger charge is -2.34. The summed E-state index contributed by atoms with van der Waals surface area (Å²) in [6, 6.07) is 4.49. The minimum absolute atomic E-state index is 0.00771. The molecule has 2 bridgehead atoms. The van der Waals surface area contributed by atoms with Crippen LogP contribution in [0.5, 0.6) is 0 Å². The third-order valence-corrected chi connectivity index (χ3v) is 5.73. The molecule has 10 heteroatoms. The molecule has 1 saturated heterocycles. The Morgan fingerprint density at radius 1 is 1.17 bits per heavy atom. The van der Waals surface area contributed by atoms with E-state index in [1.807, 2.05) is 4.90 Å². The van der Waals surface area contributed by atoms with Crippen molar-refractivity contribution in [2.75, 3.05) is 11.9 Å². The molecule has 2 aliphatic rings. The number of rotatable bonds is 4. The minimum atomic E-state index is -0.539. The molecule has 8 nitrogen and oxygen atoms in total. The van der Waals surface area contributed by atoms with Crippen molar-refractivity contribution in [3.05, 3.63) is 59.5 Å². The maximum absolute atomic E-state index is 14.5. The van der Waals surface area contributed by atoms with Gasteiger partial charge in [-0.05, 0) is 30.9 Å². The van der Waals surface area contributed by atoms with Crippen molar-refractivity contribution in [3.8, 4) is 5.69 Å². The standard InChI is InChI=1S/C19H17ClFN7O/c20-16-8-23-17(9-22-16)26-14-6-11-7-15(14)27(10-11)19(29)12-2-1-3-13(21)18(12)28-24-4-5-25-28/h1-5,8-9,11,14-15H,6-7,10H2,(H,23,26)/t11-,14+,15-/m0/s1. The summed E-state index contributed by atoms with van der Waals surface area (Å²) in [5, 5.41) is 11.7. The topological polar surface area (TPSA) is 88.8 Å². The van der Waals surface area contributed by atoms with E-state index in [0.717, 1.165) is 17.6 Å². The minimum Gasteiger partial charge on any atom is -0.364 e. The highest BCUT2D eigenvalue weighted by atomic mass is 35.5. The fourth-order valence-electron chi connectivity index (χ4n) is 4.37. The summed E-state index contributed by atoms with van der Waals surface area (Å²) >= 11 is 5.80. The van der Waals surface area contributed by atoms with Gasteiger partial charge in [0.1, 0.15) is 16.7 Å². The Labute approximate surface area is 170 Å². The third-order valence-electron chi connectivity index (χ3n) is 5.53. The Kier molecular flexibility index (Phi) is 4.39. The molecule has 0 radical (unpaired) electrons. The number of piperidine rings is 1. The fourth-order valence-corrected chi connectivity index (χ4v) is 4.47. The van der Waals surface area contributed by atoms with Crippen LogP contribution in [-0.2, 0) is 0 Å². The van der Waals surface area contributed by atoms with Crippen molar-refractivity contribution in [3.63, 3.8) is 0 Å². The van der Waals surface area contributed by atoms with Crippen molar-refractivity contribution in [1.82, 2.24) is 29.9 Å². The van der Waals surface area contributed by atoms with E-state index < -0.39 is 5.82 Å². The average Bonchev–Trinajstić information content (AvgIpc) is 3.46. The molecule has 1 N–H and O–H groups in total. The van der Waals surface area contributed by atoms with Gasteiger partial charge >= 0.3 is 0 Å². The second kappa shape index (κ2) is 7.07. The number of amides is 1. The van der Waals surface area contributed by atoms with Gasteiger partial charge in [-0.25, -0.2) is 14.4 Å². The zero-order valence-electron chi connectivity index (χ0n) is 15.2. The number of hydrogen-bond donors (Lipinski definition) is 1. The molecule has 0 spiro atoms. The summed E-state index contributed by atoms with van der Waals surface area (Å²) in [5.41, 5.74) is 0.317. The number of aromatic nitrogens is 5. The summed E-state index contributed by atoms with van der Waals surface area (Å²) < 4.78 is 14.5. The molecule has 1 saturated carbocycles. The number of carbonyl (C=O) groups is 1. The highest BCUT2D eigenvalue weighted by Gasteiger charge is 2.47. The summed E-state index contributed by atoms with van der Waals surface area (Å²) in [6.45, 7) is 0.649. The number of nitrogens with zero attached hydrogens (tertiary/aromatic N) is 6. The van der Waals surface area contributed by atoms with Gasteiger partial charge in [0.15, 0.2) is 5.82 Å². The number of carbonyl (C=O) groups excluding carboxylic acids is 1. The maximum atomic E-state index is 14.5. The van der Waals surface area contributed by atoms with Crippen LogP contribution in [0.15, 0.2) is 43.0 Å². The van der Waals surface area contributed by atoms with Crippen LogP contribution in [-0.4, -0.2) is 54.4 Å². The Morgan fingerprint density at radius 3 is 2.72 bits per heavy atom. The highest BCUT2D eigenvalue weighted by molar-refractivity contribution is 6.29. The molecule has 1 aromatic carbocycles. The maximum Gasteiger partial charge on any atom is 0.256 e. The van der Waals surface area contributed by atoms with E-state index in [1.54, 1.807) is 12.3 Å². The second-order valence-electron chi connectivity index (χ2n) is 7.29. The van der Waals surface area contributed by atoms with Crippen LogP contribution < -0.4 is 5.32 Å². The van der Waals surface area contributed by atoms with Crippen LogP contribution in [0.25, 0.3) is 5.69 Å². The summed E-state index contributed by atoms with van der Waals surface area (Å²) in [6.07, 6.45) is 7.80. The van der Waals surface area contributed by atoms with E-state index in [0.29, 0.717) is 23.4 Å². The van der Waals surface area contributed by atoms with Crippen LogP contribution in [0, 0.1) is 11.7 Å². The Hall–Kier alpha value is -3.07. The van der Waals surface area contributed by atoms with Crippen LogP contribution in [0.2, 0.25) is 5.15 Å². The monoisotopic (exact) mass is 413 g/mol. The van der Waals surface area contributed by atoms with Gasteiger partial charge in [-0.2, -0.15) is 10.2 Å². The fraction of sp³-hybridized carbons (Fsp3) is 0.316. The predicted molar refractivity (Wildman–Crippen MR) is 103 cm³/mol. The first kappa shape index (κ1) is 18.0. The molecular weight excluding hydrogens is 397 g/mol. The molecule has 5 rings (SSSR count). The molecule has 0 unspecified atom stereocenters. The predicted octanol–water partition coefficient (Wildman–Crippen LogP) is 2.56. The zero-order valence-corrected chi connectivity index (χ0v) is 16.0. The van der Waals surface area contributed by atoms with Gasteiger partial charge in [0.25, 0.3) is 5.91 Å². The first-order valence-electron chi connectivity index (χ1n) is 9.30. The number of fused-ring (bicyclic) bond motifs is 2. The average molecular weight is 414 g/mol. The van der Waals surface area contributed by atoms with Gasteiger partial charge < -0.3 is 10.2 Å². The third kappa shape index (κ3) is 3.21. The van der Waals surface area contributed by atoms with Gasteiger partial charge in [0, 0.05) is 12.6 Å². The van der Waals surface area contributed by atoms with Crippen LogP contribution >= 0.6 is 11.6 Å². The van der Waals surface area contributed by atoms with E-state index in [2.05, 4.69) is 25.5 Å². The SMILES string of the molecule is O=C(c1cccc(F)c1-n1nccn1)N1C[C@H]2C[C@@H](Nc3cnc(Cl)cn3)[C@@H]1C2. The van der Waals surface area contributed by atoms with E-state index in [-0.39, 0.29) is 29.2 Å². The number of anilines is 1. The molecule has 3 atom stereocenters. The summed E-state index contributed by atoms with van der Waals surface area (Å²) in [7, 11) is 0. The van der Waals surface area contributed by atoms with Crippen LogP contribution in [0.3, 0.4) is 0 Å². The largest absolute Gasteiger partial charge is 0.364 e. The molecule has 1 aliphatic carbocycles. The van der Waals surface area contributed by atoms with E-state index >= 15 is 0 Å². The highest BCUT2D eigenvalue weighted by Crippen LogP contribution is 2.40. The zero-order chi connectivity index (χ0) is 20.0. The molecule has 29 heavy (non-hydrogen) atoms. The van der Waals surface area contributed by atoms with Crippen molar-refractivity contribution < 1.29 is 9.18 Å². The Morgan fingerprint density at radius 2 is 2.00 bits per heavy atom. The lowest BCUT2D eigenvalue weighted by molar-refractivity contribution is 0.0691. The van der Waals surface area contributed by atoms with Crippen LogP contribution in [0.4, 0.5) is 10.2 Å². The Bertz CT molecular complexity index is 1040. The van der Waals surface area contributed by atoms with Crippen molar-refractivity contribution in [2.24, 2.45) is 5.92 Å². The van der Waals surface area contributed by atoms with Gasteiger partial charge in [-0.3, -0.25) is 4.79 Å². The quantitative estimate of drug-likeness (QED) is 0.707. The van der Waals surface area contributed by atoms with E-state index in [9.17, 15) is 9.18 Å². The second-order valence-corrected chi connectivity index (χ2v) is 7.68. The van der Waals surface area contributed by atoms with E-state index in [1.165, 1.54) is 30.7 Å². The smallest absolute Gasteiger partial charge is 0.256 e. The molecule has 2 aromatic heterocycles. The Balaban J connectivity index is 1.41. The lowest BCUT2D eigenvalue weighted by Crippen LogP contribution is -2.48. The normalized spacial score (nSPS) is 22.8. The number of para-hydroxylation sites is 1. The number of nitrogens with one attached hydrogen (secondary N) is 1. The number of hydrogen-bond acceptors (Lipinski definition) is 6. The number of benzene rings is 1. The van der Waals surface area contributed by atoms with Crippen LogP contribution in [0.1, 0.15) is 23.2 Å². The van der Waals surface area contributed by atoms with Crippen molar-refractivity contribution in [1.29, 1.82) is 0 Å². The molecule has 1 aliphatic heterocycles.